The van der Waals surface area contributed by atoms with Gasteiger partial charge in [0.15, 0.2) is 0 Å². The lowest BCUT2D eigenvalue weighted by Crippen LogP contribution is -2.41. The first-order valence-electron chi connectivity index (χ1n) is 7.91. The summed E-state index contributed by atoms with van der Waals surface area (Å²) in [7, 11) is -0.443. The molecule has 0 unspecified atom stereocenters. The molecule has 1 aliphatic rings. The van der Waals surface area contributed by atoms with Crippen LogP contribution in [0.2, 0.25) is 0 Å². The van der Waals surface area contributed by atoms with Gasteiger partial charge in [-0.15, -0.1) is 0 Å². The maximum atomic E-state index is 9.83. The molecule has 23 heavy (non-hydrogen) atoms. The molecule has 1 aromatic carbocycles. The van der Waals surface area contributed by atoms with Gasteiger partial charge in [0.25, 0.3) is 0 Å². The molecule has 0 amide bonds. The monoisotopic (exact) mass is 318 g/mol. The van der Waals surface area contributed by atoms with Crippen molar-refractivity contribution >= 4 is 24.5 Å². The summed E-state index contributed by atoms with van der Waals surface area (Å²) >= 11 is 0. The summed E-state index contributed by atoms with van der Waals surface area (Å²) in [4.78, 5) is 0. The fourth-order valence-electron chi connectivity index (χ4n) is 2.30. The van der Waals surface area contributed by atoms with E-state index >= 15 is 0 Å². The molecule has 0 aromatic heterocycles. The summed E-state index contributed by atoms with van der Waals surface area (Å²) in [6, 6.07) is 5.72. The van der Waals surface area contributed by atoms with Gasteiger partial charge in [-0.25, -0.2) is 0 Å². The van der Waals surface area contributed by atoms with Gasteiger partial charge in [-0.2, -0.15) is 0 Å². The molecule has 3 N–H and O–H groups in total. The minimum atomic E-state index is -0.816. The van der Waals surface area contributed by atoms with Crippen LogP contribution in [0.15, 0.2) is 18.2 Å². The lowest BCUT2D eigenvalue weighted by Gasteiger charge is -2.32. The Labute approximate surface area is 139 Å². The molecule has 0 radical (unpaired) electrons. The van der Waals surface area contributed by atoms with Gasteiger partial charge in [0, 0.05) is 24.0 Å². The molecule has 126 valence electrons. The third-order valence-electron chi connectivity index (χ3n) is 4.47. The highest BCUT2D eigenvalue weighted by atomic mass is 16.7. The Morgan fingerprint density at radius 2 is 1.78 bits per heavy atom. The number of anilines is 1. The van der Waals surface area contributed by atoms with E-state index in [2.05, 4.69) is 5.32 Å². The van der Waals surface area contributed by atoms with Crippen molar-refractivity contribution in [3.05, 3.63) is 23.8 Å². The number of hydrogen-bond donors (Lipinski definition) is 3. The zero-order chi connectivity index (χ0) is 17.5. The first kappa shape index (κ1) is 18.0. The molecule has 1 saturated heterocycles. The van der Waals surface area contributed by atoms with Crippen molar-refractivity contribution < 1.29 is 14.4 Å². The zero-order valence-corrected chi connectivity index (χ0v) is 14.9. The van der Waals surface area contributed by atoms with Crippen molar-refractivity contribution in [2.45, 2.75) is 58.3 Å². The number of rotatable bonds is 5. The smallest absolute Gasteiger partial charge is 0.399 e. The van der Waals surface area contributed by atoms with E-state index in [1.807, 2.05) is 45.9 Å². The van der Waals surface area contributed by atoms with E-state index in [1.165, 1.54) is 6.21 Å². The molecule has 1 aliphatic heterocycles. The molecule has 1 aromatic rings. The SMILES string of the molecule is CC(C)(O)CNc1ccc(B2OC(C)(C)C(C)(C)O2)cc1C=N. The Bertz CT molecular complexity index is 578. The van der Waals surface area contributed by atoms with Crippen LogP contribution in [0.25, 0.3) is 0 Å². The summed E-state index contributed by atoms with van der Waals surface area (Å²) in [5, 5.41) is 20.6. The van der Waals surface area contributed by atoms with Crippen molar-refractivity contribution in [2.24, 2.45) is 0 Å². The van der Waals surface area contributed by atoms with E-state index in [1.54, 1.807) is 13.8 Å². The topological polar surface area (TPSA) is 74.6 Å². The number of nitrogens with one attached hydrogen (secondary N) is 2. The summed E-state index contributed by atoms with van der Waals surface area (Å²) in [6.45, 7) is 12.0. The van der Waals surface area contributed by atoms with Gasteiger partial charge in [0.1, 0.15) is 0 Å². The predicted octanol–water partition coefficient (Wildman–Crippen LogP) is 2.17. The predicted molar refractivity (Wildman–Crippen MR) is 94.8 cm³/mol. The second kappa shape index (κ2) is 5.93. The highest BCUT2D eigenvalue weighted by Gasteiger charge is 2.51. The molecule has 0 aliphatic carbocycles. The molecule has 6 heteroatoms. The summed E-state index contributed by atoms with van der Waals surface area (Å²) < 4.78 is 12.1. The molecule has 2 rings (SSSR count). The minimum absolute atomic E-state index is 0.389. The zero-order valence-electron chi connectivity index (χ0n) is 14.9. The van der Waals surface area contributed by atoms with Crippen LogP contribution < -0.4 is 10.8 Å². The van der Waals surface area contributed by atoms with Gasteiger partial charge < -0.3 is 25.1 Å². The highest BCUT2D eigenvalue weighted by Crippen LogP contribution is 2.36. The molecular weight excluding hydrogens is 291 g/mol. The fourth-order valence-corrected chi connectivity index (χ4v) is 2.30. The van der Waals surface area contributed by atoms with Gasteiger partial charge in [-0.1, -0.05) is 12.1 Å². The highest BCUT2D eigenvalue weighted by molar-refractivity contribution is 6.62. The first-order valence-corrected chi connectivity index (χ1v) is 7.91. The van der Waals surface area contributed by atoms with Crippen molar-refractivity contribution in [1.29, 1.82) is 5.41 Å². The quantitative estimate of drug-likeness (QED) is 0.574. The Kier molecular flexibility index (Phi) is 4.63. The Balaban J connectivity index is 2.22. The summed E-state index contributed by atoms with van der Waals surface area (Å²) in [6.07, 6.45) is 1.29. The molecule has 0 atom stereocenters. The largest absolute Gasteiger partial charge is 0.494 e. The Morgan fingerprint density at radius 3 is 2.26 bits per heavy atom. The van der Waals surface area contributed by atoms with E-state index in [0.29, 0.717) is 6.54 Å². The molecular formula is C17H27BN2O3. The fraction of sp³-hybridized carbons (Fsp3) is 0.588. The average molecular weight is 318 g/mol. The average Bonchev–Trinajstić information content (AvgIpc) is 2.64. The van der Waals surface area contributed by atoms with Gasteiger partial charge in [0.05, 0.1) is 16.8 Å². The van der Waals surface area contributed by atoms with Crippen LogP contribution in [0.3, 0.4) is 0 Å². The lowest BCUT2D eigenvalue weighted by atomic mass is 9.78. The minimum Gasteiger partial charge on any atom is -0.399 e. The van der Waals surface area contributed by atoms with E-state index in [-0.39, 0.29) is 11.2 Å². The van der Waals surface area contributed by atoms with Crippen LogP contribution in [-0.4, -0.2) is 41.8 Å². The molecule has 1 heterocycles. The van der Waals surface area contributed by atoms with E-state index in [9.17, 15) is 5.11 Å². The van der Waals surface area contributed by atoms with Gasteiger partial charge in [0.2, 0.25) is 0 Å². The van der Waals surface area contributed by atoms with Crippen LogP contribution >= 0.6 is 0 Å². The van der Waals surface area contributed by atoms with Crippen molar-refractivity contribution in [2.75, 3.05) is 11.9 Å². The van der Waals surface area contributed by atoms with Gasteiger partial charge in [-0.3, -0.25) is 0 Å². The van der Waals surface area contributed by atoms with Crippen molar-refractivity contribution in [3.63, 3.8) is 0 Å². The van der Waals surface area contributed by atoms with Crippen LogP contribution in [0.1, 0.15) is 47.1 Å². The molecule has 5 nitrogen and oxygen atoms in total. The lowest BCUT2D eigenvalue weighted by molar-refractivity contribution is 0.00578. The van der Waals surface area contributed by atoms with Crippen LogP contribution in [0.5, 0.6) is 0 Å². The van der Waals surface area contributed by atoms with Gasteiger partial charge >= 0.3 is 7.12 Å². The van der Waals surface area contributed by atoms with Crippen molar-refractivity contribution in [3.8, 4) is 0 Å². The van der Waals surface area contributed by atoms with Gasteiger partial charge in [-0.05, 0) is 53.1 Å². The third-order valence-corrected chi connectivity index (χ3v) is 4.47. The number of benzene rings is 1. The molecule has 1 fully saturated rings. The van der Waals surface area contributed by atoms with Crippen LogP contribution in [0, 0.1) is 5.41 Å². The maximum absolute atomic E-state index is 9.83. The first-order chi connectivity index (χ1) is 10.5. The maximum Gasteiger partial charge on any atom is 0.494 e. The van der Waals surface area contributed by atoms with Crippen LogP contribution in [0.4, 0.5) is 5.69 Å². The normalized spacial score (nSPS) is 19.7. The summed E-state index contributed by atoms with van der Waals surface area (Å²) in [5.74, 6) is 0. The third kappa shape index (κ3) is 3.94. The summed E-state index contributed by atoms with van der Waals surface area (Å²) in [5.41, 5.74) is 0.838. The molecule has 0 spiro atoms. The van der Waals surface area contributed by atoms with E-state index in [0.717, 1.165) is 16.7 Å². The van der Waals surface area contributed by atoms with Crippen molar-refractivity contribution in [1.82, 2.24) is 0 Å². The second-order valence-electron chi connectivity index (χ2n) is 7.75. The number of hydrogen-bond acceptors (Lipinski definition) is 5. The number of aliphatic hydroxyl groups is 1. The molecule has 0 saturated carbocycles. The Morgan fingerprint density at radius 1 is 1.22 bits per heavy atom. The van der Waals surface area contributed by atoms with E-state index < -0.39 is 12.7 Å². The standard InChI is InChI=1S/C17H27BN2O3/c1-15(2,21)11-20-14-8-7-13(9-12(14)10-19)18-22-16(3,4)17(5,6)23-18/h7-10,19-21H,11H2,1-6H3. The van der Waals surface area contributed by atoms with E-state index in [4.69, 9.17) is 14.7 Å². The molecule has 0 bridgehead atoms. The Hall–Kier alpha value is -1.37. The second-order valence-corrected chi connectivity index (χ2v) is 7.75. The van der Waals surface area contributed by atoms with Crippen LogP contribution in [-0.2, 0) is 9.31 Å².